The average Bonchev–Trinajstić information content (AvgIpc) is 2.55. The second-order valence-electron chi connectivity index (χ2n) is 10.5. The molecule has 1 nitrogen and oxygen atoms in total. The molecule has 2 rings (SSSR count). The van der Waals surface area contributed by atoms with E-state index in [1.807, 2.05) is 0 Å². The zero-order chi connectivity index (χ0) is 21.7. The molecule has 0 saturated carbocycles. The lowest BCUT2D eigenvalue weighted by molar-refractivity contribution is 0.360. The monoisotopic (exact) mass is 389 g/mol. The second-order valence-corrected chi connectivity index (χ2v) is 10.5. The maximum absolute atomic E-state index is 4.07. The Labute approximate surface area is 178 Å². The van der Waals surface area contributed by atoms with Crippen molar-refractivity contribution in [1.29, 1.82) is 0 Å². The normalized spacial score (nSPS) is 11.9. The summed E-state index contributed by atoms with van der Waals surface area (Å²) in [6.07, 6.45) is 4.24. The van der Waals surface area contributed by atoms with Crippen LogP contribution in [0.15, 0.2) is 72.8 Å². The van der Waals surface area contributed by atoms with Crippen LogP contribution in [0.3, 0.4) is 0 Å². The van der Waals surface area contributed by atoms with E-state index in [0.29, 0.717) is 0 Å². The van der Waals surface area contributed by atoms with Crippen molar-refractivity contribution in [2.24, 2.45) is 10.8 Å². The summed E-state index contributed by atoms with van der Waals surface area (Å²) in [7, 11) is 0. The Kier molecular flexibility index (Phi) is 7.52. The van der Waals surface area contributed by atoms with Gasteiger partial charge < -0.3 is 5.32 Å². The fourth-order valence-corrected chi connectivity index (χ4v) is 4.44. The molecule has 2 aromatic rings. The van der Waals surface area contributed by atoms with E-state index in [9.17, 15) is 0 Å². The van der Waals surface area contributed by atoms with Gasteiger partial charge in [-0.05, 0) is 85.8 Å². The summed E-state index contributed by atoms with van der Waals surface area (Å²) in [5, 5.41) is 3.52. The van der Waals surface area contributed by atoms with Gasteiger partial charge in [0, 0.05) is 11.4 Å². The third-order valence-corrected chi connectivity index (χ3v) is 5.12. The van der Waals surface area contributed by atoms with Crippen molar-refractivity contribution in [2.45, 2.75) is 67.2 Å². The molecule has 0 fully saturated rings. The molecule has 0 aromatic heterocycles. The van der Waals surface area contributed by atoms with Crippen LogP contribution >= 0.6 is 0 Å². The van der Waals surface area contributed by atoms with Crippen molar-refractivity contribution in [3.8, 4) is 0 Å². The average molecular weight is 390 g/mol. The van der Waals surface area contributed by atoms with Crippen LogP contribution in [0.1, 0.15) is 65.5 Å². The molecule has 0 spiro atoms. The zero-order valence-corrected chi connectivity index (χ0v) is 19.4. The molecule has 0 radical (unpaired) electrons. The number of hydrogen-bond acceptors (Lipinski definition) is 1. The highest BCUT2D eigenvalue weighted by Gasteiger charge is 2.19. The van der Waals surface area contributed by atoms with Crippen molar-refractivity contribution >= 4 is 11.4 Å². The molecule has 0 aliphatic carbocycles. The van der Waals surface area contributed by atoms with Crippen LogP contribution in [-0.4, -0.2) is 0 Å². The van der Waals surface area contributed by atoms with Crippen molar-refractivity contribution in [3.63, 3.8) is 0 Å². The van der Waals surface area contributed by atoms with Crippen LogP contribution in [0.25, 0.3) is 0 Å². The minimum absolute atomic E-state index is 0.245. The Balaban J connectivity index is 1.96. The molecular formula is C28H39N. The van der Waals surface area contributed by atoms with Gasteiger partial charge in [-0.1, -0.05) is 63.1 Å². The van der Waals surface area contributed by atoms with E-state index in [0.717, 1.165) is 37.1 Å². The molecule has 0 aliphatic rings. The maximum Gasteiger partial charge on any atom is 0.0384 e. The van der Waals surface area contributed by atoms with Crippen LogP contribution in [0, 0.1) is 10.8 Å². The van der Waals surface area contributed by atoms with Crippen LogP contribution in [0.4, 0.5) is 11.4 Å². The standard InChI is InChI=1S/C28H39N/c1-21(2)17-27(5,6)19-23-9-13-25(14-10-23)29-26-15-11-24(12-16-26)20-28(7,8)18-22(3)4/h9-16,29H,1,3,17-20H2,2,4-8H3. The van der Waals surface area contributed by atoms with Gasteiger partial charge >= 0.3 is 0 Å². The summed E-state index contributed by atoms with van der Waals surface area (Å²) in [5.41, 5.74) is 7.99. The zero-order valence-electron chi connectivity index (χ0n) is 19.4. The molecule has 1 heteroatoms. The van der Waals surface area contributed by atoms with E-state index in [4.69, 9.17) is 0 Å². The van der Waals surface area contributed by atoms with E-state index < -0.39 is 0 Å². The summed E-state index contributed by atoms with van der Waals surface area (Å²) in [6, 6.07) is 17.6. The molecule has 0 unspecified atom stereocenters. The van der Waals surface area contributed by atoms with E-state index >= 15 is 0 Å². The number of benzene rings is 2. The van der Waals surface area contributed by atoms with Crippen LogP contribution < -0.4 is 5.32 Å². The van der Waals surface area contributed by atoms with Crippen molar-refractivity contribution in [1.82, 2.24) is 0 Å². The van der Waals surface area contributed by atoms with Crippen LogP contribution in [0.5, 0.6) is 0 Å². The molecule has 1 N–H and O–H groups in total. The van der Waals surface area contributed by atoms with Crippen molar-refractivity contribution in [2.75, 3.05) is 5.32 Å². The smallest absolute Gasteiger partial charge is 0.0384 e. The van der Waals surface area contributed by atoms with Gasteiger partial charge in [0.15, 0.2) is 0 Å². The van der Waals surface area contributed by atoms with E-state index in [-0.39, 0.29) is 10.8 Å². The Morgan fingerprint density at radius 1 is 0.655 bits per heavy atom. The van der Waals surface area contributed by atoms with Crippen LogP contribution in [0.2, 0.25) is 0 Å². The minimum Gasteiger partial charge on any atom is -0.356 e. The molecule has 0 heterocycles. The topological polar surface area (TPSA) is 12.0 Å². The van der Waals surface area contributed by atoms with Gasteiger partial charge in [-0.25, -0.2) is 0 Å². The number of anilines is 2. The van der Waals surface area contributed by atoms with E-state index in [2.05, 4.69) is 109 Å². The molecule has 0 bridgehead atoms. The Hall–Kier alpha value is -2.28. The lowest BCUT2D eigenvalue weighted by atomic mass is 9.80. The molecule has 0 aliphatic heterocycles. The van der Waals surface area contributed by atoms with Gasteiger partial charge in [-0.15, -0.1) is 13.2 Å². The van der Waals surface area contributed by atoms with Crippen molar-refractivity contribution in [3.05, 3.63) is 84.0 Å². The number of nitrogens with one attached hydrogen (secondary N) is 1. The molecular weight excluding hydrogens is 350 g/mol. The first-order valence-corrected chi connectivity index (χ1v) is 10.7. The first-order chi connectivity index (χ1) is 13.4. The number of rotatable bonds is 10. The predicted molar refractivity (Wildman–Crippen MR) is 130 cm³/mol. The minimum atomic E-state index is 0.245. The highest BCUT2D eigenvalue weighted by Crippen LogP contribution is 2.31. The largest absolute Gasteiger partial charge is 0.356 e. The quantitative estimate of drug-likeness (QED) is 0.402. The van der Waals surface area contributed by atoms with Gasteiger partial charge in [-0.3, -0.25) is 0 Å². The lowest BCUT2D eigenvalue weighted by Crippen LogP contribution is -2.15. The summed E-state index contributed by atoms with van der Waals surface area (Å²) < 4.78 is 0. The summed E-state index contributed by atoms with van der Waals surface area (Å²) >= 11 is 0. The van der Waals surface area contributed by atoms with E-state index in [1.54, 1.807) is 0 Å². The maximum atomic E-state index is 4.07. The Bertz CT molecular complexity index is 748. The molecule has 0 saturated heterocycles. The lowest BCUT2D eigenvalue weighted by Gasteiger charge is -2.25. The summed E-state index contributed by atoms with van der Waals surface area (Å²) in [5.74, 6) is 0. The SMILES string of the molecule is C=C(C)CC(C)(C)Cc1ccc(Nc2ccc(CC(C)(C)CC(=C)C)cc2)cc1. The fraction of sp³-hybridized carbons (Fsp3) is 0.429. The molecule has 0 amide bonds. The number of hydrogen-bond donors (Lipinski definition) is 1. The van der Waals surface area contributed by atoms with Crippen LogP contribution in [-0.2, 0) is 12.8 Å². The summed E-state index contributed by atoms with van der Waals surface area (Å²) in [6.45, 7) is 21.6. The van der Waals surface area contributed by atoms with Gasteiger partial charge in [-0.2, -0.15) is 0 Å². The fourth-order valence-electron chi connectivity index (χ4n) is 4.44. The molecule has 156 valence electrons. The van der Waals surface area contributed by atoms with Gasteiger partial charge in [0.1, 0.15) is 0 Å². The highest BCUT2D eigenvalue weighted by molar-refractivity contribution is 5.60. The first-order valence-electron chi connectivity index (χ1n) is 10.7. The predicted octanol–water partition coefficient (Wildman–Crippen LogP) is 8.50. The van der Waals surface area contributed by atoms with Gasteiger partial charge in [0.05, 0.1) is 0 Å². The Morgan fingerprint density at radius 2 is 0.966 bits per heavy atom. The molecule has 29 heavy (non-hydrogen) atoms. The van der Waals surface area contributed by atoms with Gasteiger partial charge in [0.25, 0.3) is 0 Å². The molecule has 0 atom stereocenters. The Morgan fingerprint density at radius 3 is 1.24 bits per heavy atom. The van der Waals surface area contributed by atoms with E-state index in [1.165, 1.54) is 22.3 Å². The van der Waals surface area contributed by atoms with Crippen molar-refractivity contribution < 1.29 is 0 Å². The third kappa shape index (κ3) is 8.31. The highest BCUT2D eigenvalue weighted by atomic mass is 14.9. The summed E-state index contributed by atoms with van der Waals surface area (Å²) in [4.78, 5) is 0. The van der Waals surface area contributed by atoms with Gasteiger partial charge in [0.2, 0.25) is 0 Å². The number of allylic oxidation sites excluding steroid dienone is 2. The molecule has 2 aromatic carbocycles. The first kappa shape index (κ1) is 23.0. The third-order valence-electron chi connectivity index (χ3n) is 5.12. The second kappa shape index (κ2) is 9.48.